The number of hydrogen-bond donors (Lipinski definition) is 3. The number of ether oxygens (including phenoxy) is 4. The summed E-state index contributed by atoms with van der Waals surface area (Å²) in [4.78, 5) is 150. The molecule has 6 aromatic heterocycles. The Labute approximate surface area is 510 Å². The fourth-order valence-corrected chi connectivity index (χ4v) is 8.84. The molecule has 0 fully saturated rings. The minimum atomic E-state index is -0.877. The molecular formula is C57H56BrN6NaO20. The van der Waals surface area contributed by atoms with E-state index in [0.29, 0.717) is 58.3 Å². The van der Waals surface area contributed by atoms with Crippen molar-refractivity contribution in [1.82, 2.24) is 28.2 Å². The van der Waals surface area contributed by atoms with Crippen molar-refractivity contribution in [3.8, 4) is 17.2 Å². The van der Waals surface area contributed by atoms with Gasteiger partial charge in [0.05, 0.1) is 49.3 Å². The van der Waals surface area contributed by atoms with E-state index < -0.39 is 75.3 Å². The quantitative estimate of drug-likeness (QED) is 0.0654. The number of aromatic hydroxyl groups is 1. The molecule has 6 heterocycles. The summed E-state index contributed by atoms with van der Waals surface area (Å²) >= 11 is 3.11. The number of aromatic amines is 2. The number of halogens is 1. The number of rotatable bonds is 17. The molecule has 85 heavy (non-hydrogen) atoms. The van der Waals surface area contributed by atoms with Crippen molar-refractivity contribution in [3.05, 3.63) is 218 Å². The van der Waals surface area contributed by atoms with Crippen molar-refractivity contribution >= 4 is 66.6 Å². The first-order valence-electron chi connectivity index (χ1n) is 25.3. The van der Waals surface area contributed by atoms with E-state index in [1.165, 1.54) is 51.7 Å². The first kappa shape index (κ1) is 66.9. The largest absolute Gasteiger partial charge is 1.00 e. The maximum atomic E-state index is 13.1. The number of para-hydroxylation sites is 3. The van der Waals surface area contributed by atoms with E-state index in [0.717, 1.165) is 18.3 Å². The van der Waals surface area contributed by atoms with Gasteiger partial charge in [0, 0.05) is 32.4 Å². The molecule has 0 aliphatic rings. The Morgan fingerprint density at radius 3 is 1.47 bits per heavy atom. The van der Waals surface area contributed by atoms with Crippen LogP contribution in [-0.2, 0) is 55.3 Å². The van der Waals surface area contributed by atoms with Crippen LogP contribution >= 0.6 is 15.9 Å². The minimum absolute atomic E-state index is 0. The molecule has 442 valence electrons. The van der Waals surface area contributed by atoms with Crippen LogP contribution in [0.2, 0.25) is 0 Å². The molecule has 9 rings (SSSR count). The second-order valence-electron chi connectivity index (χ2n) is 17.7. The van der Waals surface area contributed by atoms with E-state index in [4.69, 9.17) is 32.2 Å². The molecule has 0 radical (unpaired) electrons. The van der Waals surface area contributed by atoms with Gasteiger partial charge in [0.15, 0.2) is 17.3 Å². The number of phenolic OH excluding ortho intramolecular Hbond substituents is 1. The van der Waals surface area contributed by atoms with Gasteiger partial charge in [-0.2, -0.15) is 0 Å². The monoisotopic (exact) mass is 1250 g/mol. The summed E-state index contributed by atoms with van der Waals surface area (Å²) in [5.41, 5.74) is -4.55. The SMILES string of the molecule is CCc1cc(=O)oc2[nH]c(=O)n(CC(=O)c3ccccc3O)c(=O)c12.CCc1cc(=O)oc2c1c(=O)[nH]c(=O)n2COC.CCc1cc(=O)oc2c1c(=O)n(CC(=O)c1ccccc1OC)c(=O)n2COC.COc1ccccc1C(=O)CBr.[H-].[Na+]. The summed E-state index contributed by atoms with van der Waals surface area (Å²) in [5, 5.41) is 10.4. The molecule has 3 N–H and O–H groups in total. The number of ketones is 3. The third kappa shape index (κ3) is 15.3. The zero-order chi connectivity index (χ0) is 61.5. The van der Waals surface area contributed by atoms with Crippen LogP contribution in [0.5, 0.6) is 17.2 Å². The fraction of sp³-hybridized carbons (Fsp3) is 0.263. The molecule has 0 spiro atoms. The van der Waals surface area contributed by atoms with Crippen LogP contribution in [-0.4, -0.2) is 84.5 Å². The Balaban J connectivity index is 0.000000254. The summed E-state index contributed by atoms with van der Waals surface area (Å²) in [6, 6.07) is 23.2. The van der Waals surface area contributed by atoms with E-state index in [9.17, 15) is 62.6 Å². The van der Waals surface area contributed by atoms with Gasteiger partial charge < -0.3 is 38.7 Å². The number of methoxy groups -OCH3 is 4. The summed E-state index contributed by atoms with van der Waals surface area (Å²) in [6.45, 7) is 3.90. The van der Waals surface area contributed by atoms with Crippen LogP contribution in [0.25, 0.3) is 33.3 Å². The first-order valence-corrected chi connectivity index (χ1v) is 26.4. The van der Waals surface area contributed by atoms with Crippen molar-refractivity contribution in [2.75, 3.05) is 33.8 Å². The van der Waals surface area contributed by atoms with Gasteiger partial charge in [-0.3, -0.25) is 47.9 Å². The van der Waals surface area contributed by atoms with Crippen molar-refractivity contribution in [2.45, 2.75) is 66.6 Å². The smallest absolute Gasteiger partial charge is 1.00 e. The van der Waals surface area contributed by atoms with Gasteiger partial charge >= 0.3 is 63.5 Å². The number of carbonyl (C=O) groups excluding carboxylic acids is 3. The van der Waals surface area contributed by atoms with E-state index in [1.54, 1.807) is 76.4 Å². The number of phenols is 1. The molecular weight excluding hydrogens is 1190 g/mol. The molecule has 0 amide bonds. The zero-order valence-electron chi connectivity index (χ0n) is 48.2. The maximum Gasteiger partial charge on any atom is 1.00 e. The maximum absolute atomic E-state index is 13.1. The Hall–Kier alpha value is -8.86. The molecule has 9 aromatic rings. The molecule has 0 saturated heterocycles. The number of Topliss-reactive ketones (excluding diaryl/α,β-unsaturated/α-hetero) is 3. The molecule has 0 bridgehead atoms. The van der Waals surface area contributed by atoms with Gasteiger partial charge in [-0.1, -0.05) is 73.1 Å². The van der Waals surface area contributed by atoms with Crippen LogP contribution < -0.4 is 89.7 Å². The van der Waals surface area contributed by atoms with Gasteiger partial charge in [0.1, 0.15) is 46.9 Å². The Morgan fingerprint density at radius 1 is 0.529 bits per heavy atom. The molecule has 26 nitrogen and oxygen atoms in total. The Morgan fingerprint density at radius 2 is 0.953 bits per heavy atom. The predicted octanol–water partition coefficient (Wildman–Crippen LogP) is 1.17. The van der Waals surface area contributed by atoms with Gasteiger partial charge in [0.2, 0.25) is 17.1 Å². The van der Waals surface area contributed by atoms with Gasteiger partial charge in [0.25, 0.3) is 16.7 Å². The summed E-state index contributed by atoms with van der Waals surface area (Å²) < 4.78 is 38.7. The number of nitrogens with zero attached hydrogens (tertiary/aromatic N) is 4. The van der Waals surface area contributed by atoms with Crippen LogP contribution in [0.15, 0.2) is 147 Å². The number of alkyl halides is 1. The fourth-order valence-electron chi connectivity index (χ4n) is 8.53. The number of hydrogen-bond acceptors (Lipinski definition) is 20. The molecule has 0 unspecified atom stereocenters. The average molecular weight is 1250 g/mol. The molecule has 0 saturated carbocycles. The number of carbonyl (C=O) groups is 3. The second kappa shape index (κ2) is 30.6. The molecule has 28 heteroatoms. The normalized spacial score (nSPS) is 10.6. The third-order valence-corrected chi connectivity index (χ3v) is 13.0. The summed E-state index contributed by atoms with van der Waals surface area (Å²) in [6.07, 6.45) is 1.22. The second-order valence-corrected chi connectivity index (χ2v) is 18.2. The Kier molecular flexibility index (Phi) is 24.1. The van der Waals surface area contributed by atoms with Crippen LogP contribution in [0, 0.1) is 0 Å². The van der Waals surface area contributed by atoms with Gasteiger partial charge in [-0.05, 0) is 72.4 Å². The summed E-state index contributed by atoms with van der Waals surface area (Å²) in [7, 11) is 5.73. The van der Waals surface area contributed by atoms with Crippen LogP contribution in [0.4, 0.5) is 0 Å². The first-order chi connectivity index (χ1) is 40.2. The van der Waals surface area contributed by atoms with E-state index >= 15 is 0 Å². The predicted molar refractivity (Wildman–Crippen MR) is 310 cm³/mol. The van der Waals surface area contributed by atoms with Gasteiger partial charge in [-0.25, -0.2) is 37.9 Å². The van der Waals surface area contributed by atoms with Crippen molar-refractivity contribution < 1.29 is 82.7 Å². The van der Waals surface area contributed by atoms with Crippen LogP contribution in [0.1, 0.15) is 70.0 Å². The number of nitrogens with one attached hydrogen (secondary N) is 2. The minimum Gasteiger partial charge on any atom is -1.00 e. The molecule has 0 aliphatic heterocycles. The number of H-pyrrole nitrogens is 2. The average Bonchev–Trinajstić information content (AvgIpc) is 0.919. The number of aromatic nitrogens is 6. The summed E-state index contributed by atoms with van der Waals surface area (Å²) in [5.74, 6) is -0.308. The molecule has 0 aliphatic carbocycles. The molecule has 3 aromatic carbocycles. The van der Waals surface area contributed by atoms with Crippen molar-refractivity contribution in [3.63, 3.8) is 0 Å². The standard InChI is InChI=1S/C20H20N2O7.C17H14N2O6.C11H12N2O5.C9H9BrO2.Na.H/c1-4-12-9-16(24)29-19-17(12)18(25)21(20(26)22(19)11-27-2)10-14(23)13-7-5-6-8-15(13)28-3;1-2-9-7-13(22)25-15-14(9)16(23)19(17(24)18-15)8-12(21)10-5-3-4-6-11(10)20;1-3-6-4-7(14)18-10-8(6)9(15)12-11(16)13(10)5-17-2;1-12-9-5-3-2-4-7(9)8(11)6-10;;/h5-9H,4,10-11H2,1-3H3;3-7,20H,2,8H2,1H3,(H,18,24);4H,3,5H2,1-2H3,(H,12,15,16);2-5H,6H2,1H3;;/q;;;;+1;-1. The van der Waals surface area contributed by atoms with Crippen molar-refractivity contribution in [1.29, 1.82) is 0 Å². The van der Waals surface area contributed by atoms with Crippen molar-refractivity contribution in [2.24, 2.45) is 0 Å². The Bertz CT molecular complexity index is 4540. The van der Waals surface area contributed by atoms with E-state index in [1.807, 2.05) is 12.1 Å². The van der Waals surface area contributed by atoms with E-state index in [2.05, 4.69) is 25.9 Å². The van der Waals surface area contributed by atoms with E-state index in [-0.39, 0.29) is 100 Å². The zero-order valence-corrected chi connectivity index (χ0v) is 50.8. The number of aryl methyl sites for hydroxylation is 3. The van der Waals surface area contributed by atoms with Crippen LogP contribution in [0.3, 0.4) is 0 Å². The topological polar surface area (TPSA) is 353 Å². The number of benzene rings is 3. The molecule has 0 atom stereocenters. The number of fused-ring (bicyclic) bond motifs is 3. The van der Waals surface area contributed by atoms with Gasteiger partial charge in [-0.15, -0.1) is 0 Å². The third-order valence-electron chi connectivity index (χ3n) is 12.5.